The largest absolute Gasteiger partial charge is 0.367 e. The number of nitrogens with zero attached hydrogens (tertiary/aromatic N) is 6. The highest BCUT2D eigenvalue weighted by atomic mass is 32.2. The van der Waals surface area contributed by atoms with Crippen LogP contribution in [0, 0.1) is 0 Å². The van der Waals surface area contributed by atoms with Gasteiger partial charge in [-0.15, -0.1) is 5.10 Å². The second kappa shape index (κ2) is 10.5. The van der Waals surface area contributed by atoms with E-state index in [-0.39, 0.29) is 10.6 Å². The molecule has 11 heteroatoms. The van der Waals surface area contributed by atoms with E-state index >= 15 is 0 Å². The van der Waals surface area contributed by atoms with Crippen molar-refractivity contribution in [2.45, 2.75) is 18.7 Å². The molecule has 186 valence electrons. The topological polar surface area (TPSA) is 104 Å². The molecule has 0 aliphatic carbocycles. The monoisotopic (exact) mass is 497 g/mol. The molecule has 0 unspecified atom stereocenters. The molecule has 2 heterocycles. The Hall–Kier alpha value is -3.28. The Morgan fingerprint density at radius 1 is 1.03 bits per heavy atom. The lowest BCUT2D eigenvalue weighted by Gasteiger charge is -2.35. The summed E-state index contributed by atoms with van der Waals surface area (Å²) in [6.07, 6.45) is 1.40. The molecular formula is C24H31N7O3S. The third kappa shape index (κ3) is 5.37. The zero-order chi connectivity index (χ0) is 25.0. The minimum absolute atomic E-state index is 0.134. The Bertz CT molecular complexity index is 1270. The number of piperazine rings is 1. The summed E-state index contributed by atoms with van der Waals surface area (Å²) in [5.74, 6) is -0.458. The van der Waals surface area contributed by atoms with Crippen molar-refractivity contribution in [2.24, 2.45) is 0 Å². The van der Waals surface area contributed by atoms with Crippen LogP contribution < -0.4 is 10.2 Å². The molecule has 0 bridgehead atoms. The predicted molar refractivity (Wildman–Crippen MR) is 136 cm³/mol. The van der Waals surface area contributed by atoms with E-state index in [2.05, 4.69) is 32.4 Å². The van der Waals surface area contributed by atoms with Crippen LogP contribution in [0.25, 0.3) is 5.69 Å². The molecule has 10 nitrogen and oxygen atoms in total. The van der Waals surface area contributed by atoms with Gasteiger partial charge in [-0.25, -0.2) is 8.42 Å². The molecule has 1 aliphatic heterocycles. The number of sulfonamides is 1. The SMILES string of the molecule is CCN(CC)S(=O)(=O)c1ccc(N2CCN(C)CC2)c(NC(=O)c2cnn(-c3ccccc3)n2)c1. The lowest BCUT2D eigenvalue weighted by molar-refractivity contribution is 0.102. The lowest BCUT2D eigenvalue weighted by atomic mass is 10.2. The number of carbonyl (C=O) groups is 1. The van der Waals surface area contributed by atoms with Gasteiger partial charge in [-0.3, -0.25) is 4.79 Å². The number of likely N-dealkylation sites (N-methyl/N-ethyl adjacent to an activating group) is 1. The van der Waals surface area contributed by atoms with Gasteiger partial charge < -0.3 is 15.1 Å². The van der Waals surface area contributed by atoms with Gasteiger partial charge in [-0.05, 0) is 37.4 Å². The van der Waals surface area contributed by atoms with Crippen LogP contribution >= 0.6 is 0 Å². The number of nitrogens with one attached hydrogen (secondary N) is 1. The molecule has 2 aromatic carbocycles. The van der Waals surface area contributed by atoms with Crippen LogP contribution in [0.5, 0.6) is 0 Å². The molecule has 4 rings (SSSR count). The molecule has 3 aromatic rings. The van der Waals surface area contributed by atoms with Gasteiger partial charge in [0, 0.05) is 39.3 Å². The number of rotatable bonds is 8. The summed E-state index contributed by atoms with van der Waals surface area (Å²) in [5, 5.41) is 11.4. The fourth-order valence-corrected chi connectivity index (χ4v) is 5.54. The van der Waals surface area contributed by atoms with Gasteiger partial charge >= 0.3 is 0 Å². The highest BCUT2D eigenvalue weighted by Crippen LogP contribution is 2.31. The standard InChI is InChI=1S/C24H31N7O3S/c1-4-30(5-2)35(33,34)20-11-12-23(29-15-13-28(3)14-16-29)21(17-20)26-24(32)22-18-25-31(27-22)19-9-7-6-8-10-19/h6-12,17-18H,4-5,13-16H2,1-3H3,(H,26,32). The minimum atomic E-state index is -3.69. The maximum absolute atomic E-state index is 13.2. The van der Waals surface area contributed by atoms with E-state index in [0.29, 0.717) is 18.8 Å². The quantitative estimate of drug-likeness (QED) is 0.509. The molecule has 0 atom stereocenters. The van der Waals surface area contributed by atoms with E-state index < -0.39 is 15.9 Å². The highest BCUT2D eigenvalue weighted by molar-refractivity contribution is 7.89. The van der Waals surface area contributed by atoms with Crippen LogP contribution in [0.15, 0.2) is 59.6 Å². The molecule has 1 aliphatic rings. The summed E-state index contributed by atoms with van der Waals surface area (Å²) in [7, 11) is -1.62. The van der Waals surface area contributed by atoms with Crippen molar-refractivity contribution in [3.8, 4) is 5.69 Å². The first-order valence-corrected chi connectivity index (χ1v) is 13.1. The number of para-hydroxylation sites is 1. The average molecular weight is 498 g/mol. The first kappa shape index (κ1) is 24.8. The summed E-state index contributed by atoms with van der Waals surface area (Å²) in [6.45, 7) is 7.62. The van der Waals surface area contributed by atoms with Crippen molar-refractivity contribution in [3.05, 3.63) is 60.4 Å². The smallest absolute Gasteiger partial charge is 0.277 e. The van der Waals surface area contributed by atoms with Crippen LogP contribution in [0.2, 0.25) is 0 Å². The second-order valence-electron chi connectivity index (χ2n) is 8.37. The van der Waals surface area contributed by atoms with Crippen LogP contribution in [0.1, 0.15) is 24.3 Å². The molecule has 35 heavy (non-hydrogen) atoms. The van der Waals surface area contributed by atoms with Crippen LogP contribution in [-0.2, 0) is 10.0 Å². The van der Waals surface area contributed by atoms with Gasteiger partial charge in [0.15, 0.2) is 5.69 Å². The minimum Gasteiger partial charge on any atom is -0.367 e. The number of amides is 1. The van der Waals surface area contributed by atoms with Gasteiger partial charge in [-0.1, -0.05) is 32.0 Å². The summed E-state index contributed by atoms with van der Waals surface area (Å²) in [6, 6.07) is 14.2. The van der Waals surface area contributed by atoms with E-state index in [9.17, 15) is 13.2 Å². The van der Waals surface area contributed by atoms with E-state index in [1.165, 1.54) is 15.3 Å². The first-order valence-electron chi connectivity index (χ1n) is 11.7. The number of hydrogen-bond donors (Lipinski definition) is 1. The fourth-order valence-electron chi connectivity index (χ4n) is 4.05. The van der Waals surface area contributed by atoms with E-state index in [1.807, 2.05) is 30.3 Å². The molecule has 0 saturated carbocycles. The Labute approximate surface area is 206 Å². The van der Waals surface area contributed by atoms with E-state index in [0.717, 1.165) is 37.6 Å². The van der Waals surface area contributed by atoms with E-state index in [4.69, 9.17) is 0 Å². The Balaban J connectivity index is 1.67. The zero-order valence-corrected chi connectivity index (χ0v) is 21.1. The van der Waals surface area contributed by atoms with Gasteiger partial charge in [-0.2, -0.15) is 14.2 Å². The summed E-state index contributed by atoms with van der Waals surface area (Å²) >= 11 is 0. The van der Waals surface area contributed by atoms with Gasteiger partial charge in [0.1, 0.15) is 0 Å². The Kier molecular flexibility index (Phi) is 7.48. The maximum atomic E-state index is 13.2. The number of aromatic nitrogens is 3. The molecular weight excluding hydrogens is 466 g/mol. The van der Waals surface area contributed by atoms with Crippen LogP contribution in [0.3, 0.4) is 0 Å². The molecule has 1 fully saturated rings. The predicted octanol–water partition coefficient (Wildman–Crippen LogP) is 2.30. The zero-order valence-electron chi connectivity index (χ0n) is 20.3. The first-order chi connectivity index (χ1) is 16.8. The maximum Gasteiger partial charge on any atom is 0.277 e. The van der Waals surface area contributed by atoms with Gasteiger partial charge in [0.2, 0.25) is 10.0 Å². The van der Waals surface area contributed by atoms with Gasteiger partial charge in [0.05, 0.1) is 28.2 Å². The summed E-state index contributed by atoms with van der Waals surface area (Å²) < 4.78 is 27.7. The Morgan fingerprint density at radius 2 is 1.71 bits per heavy atom. The van der Waals surface area contributed by atoms with Crippen molar-refractivity contribution in [3.63, 3.8) is 0 Å². The van der Waals surface area contributed by atoms with Crippen LogP contribution in [0.4, 0.5) is 11.4 Å². The van der Waals surface area contributed by atoms with Crippen molar-refractivity contribution >= 4 is 27.3 Å². The normalized spacial score (nSPS) is 14.9. The third-order valence-electron chi connectivity index (χ3n) is 6.11. The van der Waals surface area contributed by atoms with E-state index in [1.54, 1.807) is 32.0 Å². The summed E-state index contributed by atoms with van der Waals surface area (Å²) in [4.78, 5) is 19.1. The van der Waals surface area contributed by atoms with Crippen LogP contribution in [-0.4, -0.2) is 84.8 Å². The third-order valence-corrected chi connectivity index (χ3v) is 8.16. The number of hydrogen-bond acceptors (Lipinski definition) is 7. The van der Waals surface area contributed by atoms with Gasteiger partial charge in [0.25, 0.3) is 5.91 Å². The molecule has 1 aromatic heterocycles. The lowest BCUT2D eigenvalue weighted by Crippen LogP contribution is -2.44. The van der Waals surface area contributed by atoms with Crippen molar-refractivity contribution in [2.75, 3.05) is 56.5 Å². The van der Waals surface area contributed by atoms with Crippen molar-refractivity contribution < 1.29 is 13.2 Å². The highest BCUT2D eigenvalue weighted by Gasteiger charge is 2.25. The molecule has 1 N–H and O–H groups in total. The fraction of sp³-hybridized carbons (Fsp3) is 0.375. The number of carbonyl (C=O) groups excluding carboxylic acids is 1. The second-order valence-corrected chi connectivity index (χ2v) is 10.3. The molecule has 0 radical (unpaired) electrons. The summed E-state index contributed by atoms with van der Waals surface area (Å²) in [5.41, 5.74) is 2.08. The molecule has 0 spiro atoms. The molecule has 1 amide bonds. The number of anilines is 2. The average Bonchev–Trinajstić information content (AvgIpc) is 3.36. The number of benzene rings is 2. The van der Waals surface area contributed by atoms with Crippen molar-refractivity contribution in [1.82, 2.24) is 24.2 Å². The van der Waals surface area contributed by atoms with Crippen molar-refractivity contribution in [1.29, 1.82) is 0 Å². The Morgan fingerprint density at radius 3 is 2.37 bits per heavy atom. The molecule has 1 saturated heterocycles.